The van der Waals surface area contributed by atoms with Crippen molar-refractivity contribution in [2.24, 2.45) is 0 Å². The zero-order valence-electron chi connectivity index (χ0n) is 14.6. The van der Waals surface area contributed by atoms with Crippen molar-refractivity contribution in [2.45, 2.75) is 19.8 Å². The minimum atomic E-state index is -0.603. The summed E-state index contributed by atoms with van der Waals surface area (Å²) in [6.45, 7) is 2.41. The molecule has 0 saturated heterocycles. The summed E-state index contributed by atoms with van der Waals surface area (Å²) < 4.78 is 5.31. The van der Waals surface area contributed by atoms with E-state index in [0.717, 1.165) is 0 Å². The van der Waals surface area contributed by atoms with Crippen LogP contribution in [-0.4, -0.2) is 24.2 Å². The van der Waals surface area contributed by atoms with Crippen LogP contribution in [-0.2, 0) is 4.79 Å². The van der Waals surface area contributed by atoms with E-state index in [0.29, 0.717) is 22.9 Å². The van der Waals surface area contributed by atoms with Crippen LogP contribution < -0.4 is 15.6 Å². The molecular formula is C19H18Cl2N2O4. The number of hydrazine groups is 1. The van der Waals surface area contributed by atoms with Crippen LogP contribution in [0.5, 0.6) is 5.75 Å². The van der Waals surface area contributed by atoms with Crippen LogP contribution >= 0.6 is 23.2 Å². The van der Waals surface area contributed by atoms with E-state index in [-0.39, 0.29) is 29.2 Å². The summed E-state index contributed by atoms with van der Waals surface area (Å²) in [7, 11) is 0. The van der Waals surface area contributed by atoms with Crippen LogP contribution in [0, 0.1) is 0 Å². The van der Waals surface area contributed by atoms with Crippen LogP contribution in [0.3, 0.4) is 0 Å². The molecule has 142 valence electrons. The third-order valence-electron chi connectivity index (χ3n) is 3.55. The molecule has 2 amide bonds. The molecule has 0 atom stereocenters. The molecule has 0 aromatic heterocycles. The second-order valence-corrected chi connectivity index (χ2v) is 6.35. The Balaban J connectivity index is 1.81. The van der Waals surface area contributed by atoms with E-state index in [9.17, 15) is 14.4 Å². The van der Waals surface area contributed by atoms with Gasteiger partial charge in [-0.25, -0.2) is 0 Å². The van der Waals surface area contributed by atoms with Crippen LogP contribution in [0.1, 0.15) is 40.5 Å². The first-order valence-electron chi connectivity index (χ1n) is 8.21. The summed E-state index contributed by atoms with van der Waals surface area (Å²) in [6, 6.07) is 11.1. The van der Waals surface area contributed by atoms with E-state index in [4.69, 9.17) is 27.9 Å². The van der Waals surface area contributed by atoms with Crippen LogP contribution in [0.15, 0.2) is 42.5 Å². The minimum absolute atomic E-state index is 0.00755. The first-order chi connectivity index (χ1) is 12.9. The smallest absolute Gasteiger partial charge is 0.271 e. The SMILES string of the molecule is CCOc1ccc(C(=O)CCC(=O)NNC(=O)c2cc(Cl)ccc2Cl)cc1. The lowest BCUT2D eigenvalue weighted by Gasteiger charge is -2.09. The van der Waals surface area contributed by atoms with Crippen LogP contribution in [0.25, 0.3) is 0 Å². The topological polar surface area (TPSA) is 84.5 Å². The van der Waals surface area contributed by atoms with Crippen LogP contribution in [0.2, 0.25) is 10.0 Å². The number of rotatable bonds is 7. The summed E-state index contributed by atoms with van der Waals surface area (Å²) in [5.74, 6) is -0.610. The Labute approximate surface area is 166 Å². The molecular weight excluding hydrogens is 391 g/mol. The van der Waals surface area contributed by atoms with E-state index in [2.05, 4.69) is 10.9 Å². The monoisotopic (exact) mass is 408 g/mol. The predicted molar refractivity (Wildman–Crippen MR) is 103 cm³/mol. The summed E-state index contributed by atoms with van der Waals surface area (Å²) >= 11 is 11.7. The van der Waals surface area contributed by atoms with Crippen molar-refractivity contribution < 1.29 is 19.1 Å². The molecule has 0 saturated carbocycles. The highest BCUT2D eigenvalue weighted by Crippen LogP contribution is 2.20. The number of carbonyl (C=O) groups excluding carboxylic acids is 3. The van der Waals surface area contributed by atoms with Crippen molar-refractivity contribution in [2.75, 3.05) is 6.61 Å². The first kappa shape index (κ1) is 20.7. The van der Waals surface area contributed by atoms with Gasteiger partial charge in [-0.3, -0.25) is 25.2 Å². The lowest BCUT2D eigenvalue weighted by atomic mass is 10.1. The Morgan fingerprint density at radius 3 is 2.33 bits per heavy atom. The first-order valence-corrected chi connectivity index (χ1v) is 8.96. The molecule has 0 heterocycles. The van der Waals surface area contributed by atoms with E-state index < -0.39 is 11.8 Å². The number of hydrogen-bond acceptors (Lipinski definition) is 4. The highest BCUT2D eigenvalue weighted by molar-refractivity contribution is 6.35. The molecule has 2 aromatic carbocycles. The molecule has 0 aliphatic heterocycles. The van der Waals surface area contributed by atoms with Crippen molar-refractivity contribution in [1.82, 2.24) is 10.9 Å². The maximum atomic E-state index is 12.1. The average molecular weight is 409 g/mol. The zero-order valence-corrected chi connectivity index (χ0v) is 16.1. The third kappa shape index (κ3) is 6.27. The summed E-state index contributed by atoms with van der Waals surface area (Å²) in [5.41, 5.74) is 5.11. The van der Waals surface area contributed by atoms with Gasteiger partial charge in [0.15, 0.2) is 5.78 Å². The normalized spacial score (nSPS) is 10.2. The number of Topliss-reactive ketones (excluding diaryl/α,β-unsaturated/α-hetero) is 1. The van der Waals surface area contributed by atoms with Gasteiger partial charge in [0.1, 0.15) is 5.75 Å². The highest BCUT2D eigenvalue weighted by Gasteiger charge is 2.13. The molecule has 8 heteroatoms. The van der Waals surface area contributed by atoms with Gasteiger partial charge in [-0.2, -0.15) is 0 Å². The number of nitrogens with one attached hydrogen (secondary N) is 2. The summed E-state index contributed by atoms with van der Waals surface area (Å²) in [5, 5.41) is 0.550. The van der Waals surface area contributed by atoms with Gasteiger partial charge in [0.25, 0.3) is 5.91 Å². The molecule has 0 aliphatic carbocycles. The van der Waals surface area contributed by atoms with Crippen molar-refractivity contribution >= 4 is 40.8 Å². The van der Waals surface area contributed by atoms with Gasteiger partial charge >= 0.3 is 0 Å². The molecule has 0 spiro atoms. The van der Waals surface area contributed by atoms with Crippen LogP contribution in [0.4, 0.5) is 0 Å². The van der Waals surface area contributed by atoms with Gasteiger partial charge in [0, 0.05) is 23.4 Å². The van der Waals surface area contributed by atoms with Gasteiger partial charge in [-0.15, -0.1) is 0 Å². The average Bonchev–Trinajstić information content (AvgIpc) is 2.67. The lowest BCUT2D eigenvalue weighted by molar-refractivity contribution is -0.121. The summed E-state index contributed by atoms with van der Waals surface area (Å²) in [6.07, 6.45) is -0.0663. The fourth-order valence-corrected chi connectivity index (χ4v) is 2.58. The predicted octanol–water partition coefficient (Wildman–Crippen LogP) is 3.82. The molecule has 6 nitrogen and oxygen atoms in total. The molecule has 0 bridgehead atoms. The zero-order chi connectivity index (χ0) is 19.8. The maximum absolute atomic E-state index is 12.1. The quantitative estimate of drug-likeness (QED) is 0.538. The Bertz CT molecular complexity index is 838. The number of ketones is 1. The number of carbonyl (C=O) groups is 3. The third-order valence-corrected chi connectivity index (χ3v) is 4.12. The molecule has 0 fully saturated rings. The van der Waals surface area contributed by atoms with Gasteiger partial charge < -0.3 is 4.74 Å². The fourth-order valence-electron chi connectivity index (χ4n) is 2.20. The van der Waals surface area contributed by atoms with E-state index in [1.165, 1.54) is 12.1 Å². The number of benzene rings is 2. The molecule has 2 rings (SSSR count). The van der Waals surface area contributed by atoms with Gasteiger partial charge in [-0.05, 0) is 49.4 Å². The lowest BCUT2D eigenvalue weighted by Crippen LogP contribution is -2.41. The maximum Gasteiger partial charge on any atom is 0.271 e. The van der Waals surface area contributed by atoms with Crippen molar-refractivity contribution in [3.05, 3.63) is 63.6 Å². The van der Waals surface area contributed by atoms with Gasteiger partial charge in [0.2, 0.25) is 5.91 Å². The van der Waals surface area contributed by atoms with Crippen molar-refractivity contribution in [1.29, 1.82) is 0 Å². The Morgan fingerprint density at radius 2 is 1.67 bits per heavy atom. The Morgan fingerprint density at radius 1 is 0.963 bits per heavy atom. The molecule has 0 unspecified atom stereocenters. The number of halogens is 2. The number of amides is 2. The molecule has 27 heavy (non-hydrogen) atoms. The Hall–Kier alpha value is -2.57. The molecule has 2 aromatic rings. The second-order valence-electron chi connectivity index (χ2n) is 5.51. The van der Waals surface area contributed by atoms with Crippen molar-refractivity contribution in [3.63, 3.8) is 0 Å². The molecule has 0 aliphatic rings. The second kappa shape index (κ2) is 9.94. The van der Waals surface area contributed by atoms with E-state index in [1.807, 2.05) is 6.92 Å². The minimum Gasteiger partial charge on any atom is -0.494 e. The van der Waals surface area contributed by atoms with Crippen molar-refractivity contribution in [3.8, 4) is 5.75 Å². The fraction of sp³-hybridized carbons (Fsp3) is 0.211. The Kier molecular flexibility index (Phi) is 7.64. The highest BCUT2D eigenvalue weighted by atomic mass is 35.5. The van der Waals surface area contributed by atoms with E-state index >= 15 is 0 Å². The molecule has 0 radical (unpaired) electrons. The largest absolute Gasteiger partial charge is 0.494 e. The number of ether oxygens (including phenoxy) is 1. The standard InChI is InChI=1S/C19H18Cl2N2O4/c1-2-27-14-6-3-12(4-7-14)17(24)9-10-18(25)22-23-19(26)15-11-13(20)5-8-16(15)21/h3-8,11H,2,9-10H2,1H3,(H,22,25)(H,23,26). The van der Waals surface area contributed by atoms with E-state index in [1.54, 1.807) is 30.3 Å². The number of hydrogen-bond donors (Lipinski definition) is 2. The van der Waals surface area contributed by atoms with Gasteiger partial charge in [0.05, 0.1) is 17.2 Å². The summed E-state index contributed by atoms with van der Waals surface area (Å²) in [4.78, 5) is 36.0. The van der Waals surface area contributed by atoms with Gasteiger partial charge in [-0.1, -0.05) is 23.2 Å². The molecule has 2 N–H and O–H groups in total.